The normalized spacial score (nSPS) is 12.9. The molecule has 0 aliphatic carbocycles. The van der Waals surface area contributed by atoms with Crippen molar-refractivity contribution in [1.29, 1.82) is 0 Å². The number of halogens is 28. The molecule has 1 aliphatic heterocycles. The molecule has 5 heterocycles. The van der Waals surface area contributed by atoms with E-state index in [1.807, 2.05) is 19.9 Å². The van der Waals surface area contributed by atoms with E-state index >= 15 is 70.2 Å². The summed E-state index contributed by atoms with van der Waals surface area (Å²) >= 11 is 52.3. The van der Waals surface area contributed by atoms with Crippen molar-refractivity contribution in [3.05, 3.63) is 223 Å². The van der Waals surface area contributed by atoms with Crippen LogP contribution in [0.4, 0.5) is 87.8 Å². The molecule has 4 aromatic carbocycles. The first kappa shape index (κ1) is 55.2. The smallest absolute Gasteiger partial charge is 0.200 e. The average molecular weight is 1250 g/mol. The standard InChI is InChI=1S/C44H4Cl8F20N4/c45-9-11(47)39-6(2-19(55)27(63)34(70)28(64)20(2)56)41-13(49)15(51)43(75-41)8(4-23(59)31(67)36(72)32(68)24(4)60)44-16(52)14(50)42(76-44)7(3-21(57)29(65)35(71)30(66)22(3)58)40-12(48)10(46)38(74-40)5(37(9)73-39)1-17(53)25(61)33(69)26(62)18(1)54/h73-76H. The van der Waals surface area contributed by atoms with Crippen LogP contribution in [-0.4, -0.2) is 19.9 Å². The number of rotatable bonds is 4. The summed E-state index contributed by atoms with van der Waals surface area (Å²) in [7, 11) is 0. The second-order valence-corrected chi connectivity index (χ2v) is 18.3. The molecule has 0 unspecified atom stereocenters. The molecule has 32 heteroatoms. The maximum atomic E-state index is 16.2. The van der Waals surface area contributed by atoms with Gasteiger partial charge in [0.2, 0.25) is 23.3 Å². The summed E-state index contributed by atoms with van der Waals surface area (Å²) in [6.45, 7) is 0. The van der Waals surface area contributed by atoms with Gasteiger partial charge in [0.15, 0.2) is 93.1 Å². The number of hydrogen-bond donors (Lipinski definition) is 4. The van der Waals surface area contributed by atoms with Gasteiger partial charge in [0.25, 0.3) is 0 Å². The van der Waals surface area contributed by atoms with Crippen LogP contribution in [0.25, 0.3) is 22.3 Å². The van der Waals surface area contributed by atoms with E-state index in [1.165, 1.54) is 0 Å². The maximum absolute atomic E-state index is 16.2. The molecule has 0 radical (unpaired) electrons. The lowest BCUT2D eigenvalue weighted by Crippen LogP contribution is -2.23. The van der Waals surface area contributed by atoms with E-state index in [0.717, 1.165) is 0 Å². The van der Waals surface area contributed by atoms with Crippen molar-refractivity contribution in [1.82, 2.24) is 19.9 Å². The van der Waals surface area contributed by atoms with E-state index in [9.17, 15) is 17.6 Å². The van der Waals surface area contributed by atoms with Crippen LogP contribution in [0.2, 0.25) is 40.2 Å². The van der Waals surface area contributed by atoms with Crippen molar-refractivity contribution >= 4 is 115 Å². The summed E-state index contributed by atoms with van der Waals surface area (Å²) in [5, 5.41) is -16.8. The first-order valence-corrected chi connectivity index (χ1v) is 22.3. The van der Waals surface area contributed by atoms with E-state index in [-0.39, 0.29) is 0 Å². The molecule has 4 N–H and O–H groups in total. The molecule has 9 rings (SSSR count). The zero-order valence-corrected chi connectivity index (χ0v) is 40.6. The fourth-order valence-corrected chi connectivity index (χ4v) is 9.88. The Kier molecular flexibility index (Phi) is 13.9. The fraction of sp³-hybridized carbons (Fsp3) is 0. The minimum absolute atomic E-state index is 1.38. The van der Waals surface area contributed by atoms with E-state index in [1.54, 1.807) is 0 Å². The zero-order chi connectivity index (χ0) is 56.2. The van der Waals surface area contributed by atoms with Crippen LogP contribution in [0.15, 0.2) is 0 Å². The molecule has 0 atom stereocenters. The topological polar surface area (TPSA) is 63.2 Å². The van der Waals surface area contributed by atoms with Crippen molar-refractivity contribution in [3.63, 3.8) is 0 Å². The lowest BCUT2D eigenvalue weighted by molar-refractivity contribution is 0.376. The lowest BCUT2D eigenvalue weighted by atomic mass is 10.00. The molecular formula is C44H4Cl8F20N4. The third-order valence-corrected chi connectivity index (χ3v) is 14.8. The molecular weight excluding hydrogens is 1250 g/mol. The van der Waals surface area contributed by atoms with Crippen molar-refractivity contribution in [2.45, 2.75) is 0 Å². The highest BCUT2D eigenvalue weighted by Crippen LogP contribution is 2.46. The number of aromatic nitrogens is 4. The van der Waals surface area contributed by atoms with Gasteiger partial charge in [0.05, 0.1) is 107 Å². The van der Waals surface area contributed by atoms with Crippen LogP contribution in [-0.2, 0) is 0 Å². The van der Waals surface area contributed by atoms with Gasteiger partial charge < -0.3 is 19.9 Å². The van der Waals surface area contributed by atoms with E-state index < -0.39 is 245 Å². The third kappa shape index (κ3) is 7.58. The molecule has 1 aliphatic rings. The molecule has 0 saturated carbocycles. The van der Waals surface area contributed by atoms with Crippen LogP contribution < -0.4 is 21.4 Å². The number of nitrogens with one attached hydrogen (secondary N) is 4. The maximum Gasteiger partial charge on any atom is 0.200 e. The molecule has 396 valence electrons. The highest BCUT2D eigenvalue weighted by atomic mass is 35.5. The predicted octanol–water partition coefficient (Wildman–Crippen LogP) is 14.3. The summed E-state index contributed by atoms with van der Waals surface area (Å²) in [5.41, 5.74) is -21.4. The van der Waals surface area contributed by atoms with Gasteiger partial charge in [0, 0.05) is 22.3 Å². The Morgan fingerprint density at radius 1 is 0.171 bits per heavy atom. The van der Waals surface area contributed by atoms with Gasteiger partial charge in [0.1, 0.15) is 0 Å². The summed E-state index contributed by atoms with van der Waals surface area (Å²) in [4.78, 5) is 8.04. The predicted molar refractivity (Wildman–Crippen MR) is 233 cm³/mol. The van der Waals surface area contributed by atoms with Gasteiger partial charge in [-0.2, -0.15) is 0 Å². The quantitative estimate of drug-likeness (QED) is 0.0771. The fourth-order valence-electron chi connectivity index (χ4n) is 7.99. The number of aromatic amines is 4. The second-order valence-electron chi connectivity index (χ2n) is 15.3. The molecule has 0 spiro atoms. The number of H-pyrrole nitrogens is 4. The van der Waals surface area contributed by atoms with E-state index in [0.29, 0.717) is 0 Å². The molecule has 0 saturated heterocycles. The first-order chi connectivity index (χ1) is 35.4. The molecule has 4 nitrogen and oxygen atoms in total. The van der Waals surface area contributed by atoms with E-state index in [4.69, 9.17) is 92.8 Å². The Balaban J connectivity index is 1.71. The van der Waals surface area contributed by atoms with Gasteiger partial charge >= 0.3 is 0 Å². The summed E-state index contributed by atoms with van der Waals surface area (Å²) in [5.74, 6) is -56.7. The first-order valence-electron chi connectivity index (χ1n) is 19.3. The number of hydrogen-bond acceptors (Lipinski definition) is 0. The largest absolute Gasteiger partial charge is 0.352 e. The molecule has 4 aromatic heterocycles. The van der Waals surface area contributed by atoms with Crippen molar-refractivity contribution in [3.8, 4) is 0 Å². The summed E-state index contributed by atoms with van der Waals surface area (Å²) in [6, 6.07) is 0. The third-order valence-electron chi connectivity index (χ3n) is 11.4. The molecule has 0 fully saturated rings. The van der Waals surface area contributed by atoms with Crippen LogP contribution in [0.1, 0.15) is 45.0 Å². The Labute approximate surface area is 443 Å². The van der Waals surface area contributed by atoms with Crippen LogP contribution in [0.5, 0.6) is 0 Å². The Morgan fingerprint density at radius 2 is 0.303 bits per heavy atom. The van der Waals surface area contributed by atoms with Crippen LogP contribution >= 0.6 is 92.8 Å². The minimum Gasteiger partial charge on any atom is -0.352 e. The number of fused-ring (bicyclic) bond motifs is 8. The van der Waals surface area contributed by atoms with Gasteiger partial charge in [-0.15, -0.1) is 0 Å². The average Bonchev–Trinajstić information content (AvgIpc) is 4.06. The van der Waals surface area contributed by atoms with Crippen LogP contribution in [0, 0.1) is 116 Å². The monoisotopic (exact) mass is 1250 g/mol. The van der Waals surface area contributed by atoms with Gasteiger partial charge in [-0.25, -0.2) is 87.8 Å². The SMILES string of the molecule is Fc1c(F)c(F)c(C2=c3[nH]c(c(Cl)c3Cl)=C(c3c(F)c(F)c(F)c(F)c3F)c3[nH]c(c(Cl)c3Cl)C(c3c(F)c(F)c(F)c(F)c3F)=c3[nH]c(c(Cl)c3Cl)=C(c3c(F)c(F)c(F)c(F)c3F)c3[nH]c2c(Cl)c3Cl)c(F)c1F. The molecule has 76 heavy (non-hydrogen) atoms. The highest BCUT2D eigenvalue weighted by Gasteiger charge is 2.40. The van der Waals surface area contributed by atoms with E-state index in [2.05, 4.69) is 0 Å². The van der Waals surface area contributed by atoms with Crippen molar-refractivity contribution < 1.29 is 87.8 Å². The van der Waals surface area contributed by atoms with Crippen LogP contribution in [0.3, 0.4) is 0 Å². The summed E-state index contributed by atoms with van der Waals surface area (Å²) in [6.07, 6.45) is 0. The van der Waals surface area contributed by atoms with Gasteiger partial charge in [-0.3, -0.25) is 0 Å². The molecule has 0 amide bonds. The zero-order valence-electron chi connectivity index (χ0n) is 34.6. The second kappa shape index (κ2) is 19.1. The lowest BCUT2D eigenvalue weighted by Gasteiger charge is -2.14. The molecule has 8 aromatic rings. The minimum atomic E-state index is -2.87. The Hall–Kier alpha value is -5.60. The van der Waals surface area contributed by atoms with Crippen molar-refractivity contribution in [2.75, 3.05) is 0 Å². The van der Waals surface area contributed by atoms with Gasteiger partial charge in [-0.05, 0) is 0 Å². The van der Waals surface area contributed by atoms with Crippen molar-refractivity contribution in [2.24, 2.45) is 0 Å². The Morgan fingerprint density at radius 3 is 0.447 bits per heavy atom. The van der Waals surface area contributed by atoms with Gasteiger partial charge in [-0.1, -0.05) is 92.8 Å². The summed E-state index contributed by atoms with van der Waals surface area (Å²) < 4.78 is 311. The highest BCUT2D eigenvalue weighted by molar-refractivity contribution is 6.46. The molecule has 8 bridgehead atoms. The Bertz CT molecular complexity index is 3650. The number of benzene rings is 4.